The molecule has 0 aliphatic rings. The minimum absolute atomic E-state index is 0.105. The van der Waals surface area contributed by atoms with Crippen LogP contribution in [0.25, 0.3) is 0 Å². The number of hydrogen-bond acceptors (Lipinski definition) is 3. The SMILES string of the molecule is CCNC(=NCc1ccc(S(N)(=O)=O)cc1)NCCc1ccccc1. The van der Waals surface area contributed by atoms with Gasteiger partial charge in [-0.05, 0) is 36.6 Å². The van der Waals surface area contributed by atoms with E-state index < -0.39 is 10.0 Å². The van der Waals surface area contributed by atoms with Gasteiger partial charge >= 0.3 is 0 Å². The second-order valence-corrected chi connectivity index (χ2v) is 7.11. The molecule has 2 rings (SSSR count). The number of sulfonamides is 1. The highest BCUT2D eigenvalue weighted by molar-refractivity contribution is 7.89. The predicted octanol–water partition coefficient (Wildman–Crippen LogP) is 1.63. The number of hydrogen-bond donors (Lipinski definition) is 3. The number of nitrogens with zero attached hydrogens (tertiary/aromatic N) is 1. The van der Waals surface area contributed by atoms with E-state index in [9.17, 15) is 8.42 Å². The first-order valence-electron chi connectivity index (χ1n) is 8.17. The molecule has 0 aromatic heterocycles. The van der Waals surface area contributed by atoms with Crippen molar-refractivity contribution >= 4 is 16.0 Å². The summed E-state index contributed by atoms with van der Waals surface area (Å²) in [7, 11) is -3.66. The first-order valence-corrected chi connectivity index (χ1v) is 9.71. The summed E-state index contributed by atoms with van der Waals surface area (Å²) in [5.74, 6) is 0.731. The van der Waals surface area contributed by atoms with Crippen LogP contribution >= 0.6 is 0 Å². The Morgan fingerprint density at radius 1 is 1.00 bits per heavy atom. The molecule has 0 amide bonds. The lowest BCUT2D eigenvalue weighted by Crippen LogP contribution is -2.38. The number of primary sulfonamides is 1. The molecule has 6 nitrogen and oxygen atoms in total. The minimum Gasteiger partial charge on any atom is -0.357 e. The number of guanidine groups is 1. The Hall–Kier alpha value is -2.38. The van der Waals surface area contributed by atoms with Gasteiger partial charge in [0.15, 0.2) is 5.96 Å². The van der Waals surface area contributed by atoms with Crippen LogP contribution in [0.4, 0.5) is 0 Å². The lowest BCUT2D eigenvalue weighted by molar-refractivity contribution is 0.598. The Labute approximate surface area is 149 Å². The molecular weight excluding hydrogens is 336 g/mol. The smallest absolute Gasteiger partial charge is 0.238 e. The van der Waals surface area contributed by atoms with Gasteiger partial charge in [-0.1, -0.05) is 42.5 Å². The van der Waals surface area contributed by atoms with Crippen molar-refractivity contribution in [3.63, 3.8) is 0 Å². The summed E-state index contributed by atoms with van der Waals surface area (Å²) < 4.78 is 22.5. The number of aliphatic imine (C=N–C) groups is 1. The maximum Gasteiger partial charge on any atom is 0.238 e. The molecule has 0 aliphatic heterocycles. The van der Waals surface area contributed by atoms with Crippen molar-refractivity contribution in [3.05, 3.63) is 65.7 Å². The first-order chi connectivity index (χ1) is 12.0. The van der Waals surface area contributed by atoms with Crippen molar-refractivity contribution in [2.24, 2.45) is 10.1 Å². The van der Waals surface area contributed by atoms with Crippen molar-refractivity contribution < 1.29 is 8.42 Å². The number of benzene rings is 2. The second kappa shape index (κ2) is 9.19. The van der Waals surface area contributed by atoms with Crippen LogP contribution in [-0.4, -0.2) is 27.5 Å². The van der Waals surface area contributed by atoms with Crippen LogP contribution in [0.15, 0.2) is 64.5 Å². The Morgan fingerprint density at radius 3 is 2.28 bits per heavy atom. The van der Waals surface area contributed by atoms with E-state index in [-0.39, 0.29) is 4.90 Å². The summed E-state index contributed by atoms with van der Waals surface area (Å²) in [6.45, 7) is 4.00. The molecule has 0 fully saturated rings. The molecular formula is C18H24N4O2S. The molecule has 0 saturated heterocycles. The van der Waals surface area contributed by atoms with Gasteiger partial charge in [0.25, 0.3) is 0 Å². The minimum atomic E-state index is -3.66. The van der Waals surface area contributed by atoms with Gasteiger partial charge in [0.2, 0.25) is 10.0 Å². The molecule has 0 saturated carbocycles. The standard InChI is InChI=1S/C18H24N4O2S/c1-2-20-18(21-13-12-15-6-4-3-5-7-15)22-14-16-8-10-17(11-9-16)25(19,23)24/h3-11H,2,12-14H2,1H3,(H2,19,23,24)(H2,20,21,22). The molecule has 0 heterocycles. The van der Waals surface area contributed by atoms with Gasteiger partial charge in [0.05, 0.1) is 11.4 Å². The topological polar surface area (TPSA) is 96.6 Å². The van der Waals surface area contributed by atoms with Crippen LogP contribution in [0.3, 0.4) is 0 Å². The predicted molar refractivity (Wildman–Crippen MR) is 101 cm³/mol. The van der Waals surface area contributed by atoms with Gasteiger partial charge < -0.3 is 10.6 Å². The fourth-order valence-electron chi connectivity index (χ4n) is 2.27. The maximum absolute atomic E-state index is 11.3. The quantitative estimate of drug-likeness (QED) is 0.516. The lowest BCUT2D eigenvalue weighted by atomic mass is 10.1. The van der Waals surface area contributed by atoms with Crippen molar-refractivity contribution in [1.82, 2.24) is 10.6 Å². The third kappa shape index (κ3) is 6.56. The fraction of sp³-hybridized carbons (Fsp3) is 0.278. The van der Waals surface area contributed by atoms with Crippen molar-refractivity contribution in [1.29, 1.82) is 0 Å². The third-order valence-corrected chi connectivity index (χ3v) is 4.49. The molecule has 0 unspecified atom stereocenters. The van der Waals surface area contributed by atoms with Gasteiger partial charge in [0, 0.05) is 13.1 Å². The average molecular weight is 360 g/mol. The monoisotopic (exact) mass is 360 g/mol. The Balaban J connectivity index is 1.92. The zero-order chi connectivity index (χ0) is 18.1. The van der Waals surface area contributed by atoms with E-state index in [0.717, 1.165) is 31.0 Å². The molecule has 2 aromatic rings. The largest absolute Gasteiger partial charge is 0.357 e. The van der Waals surface area contributed by atoms with Gasteiger partial charge in [-0.15, -0.1) is 0 Å². The summed E-state index contributed by atoms with van der Waals surface area (Å²) in [5.41, 5.74) is 2.18. The second-order valence-electron chi connectivity index (χ2n) is 5.55. The maximum atomic E-state index is 11.3. The molecule has 2 aromatic carbocycles. The number of nitrogens with one attached hydrogen (secondary N) is 2. The van der Waals surface area contributed by atoms with Crippen LogP contribution in [0, 0.1) is 0 Å². The number of rotatable bonds is 7. The molecule has 0 bridgehead atoms. The summed E-state index contributed by atoms with van der Waals surface area (Å²) in [4.78, 5) is 4.63. The fourth-order valence-corrected chi connectivity index (χ4v) is 2.78. The number of nitrogens with two attached hydrogens (primary N) is 1. The zero-order valence-corrected chi connectivity index (χ0v) is 15.1. The average Bonchev–Trinajstić information content (AvgIpc) is 2.60. The van der Waals surface area contributed by atoms with Crippen LogP contribution < -0.4 is 15.8 Å². The van der Waals surface area contributed by atoms with Gasteiger partial charge in [-0.25, -0.2) is 18.5 Å². The molecule has 0 spiro atoms. The van der Waals surface area contributed by atoms with Crippen molar-refractivity contribution in [2.45, 2.75) is 24.8 Å². The van der Waals surface area contributed by atoms with Gasteiger partial charge in [0.1, 0.15) is 0 Å². The first kappa shape index (κ1) is 19.0. The van der Waals surface area contributed by atoms with Gasteiger partial charge in [-0.2, -0.15) is 0 Å². The molecule has 0 aliphatic carbocycles. The highest BCUT2D eigenvalue weighted by Gasteiger charge is 2.06. The van der Waals surface area contributed by atoms with E-state index in [1.54, 1.807) is 12.1 Å². The van der Waals surface area contributed by atoms with Crippen LogP contribution in [0.1, 0.15) is 18.1 Å². The Bertz CT molecular complexity index is 788. The Morgan fingerprint density at radius 2 is 1.68 bits per heavy atom. The normalized spacial score (nSPS) is 12.0. The summed E-state index contributed by atoms with van der Waals surface area (Å²) >= 11 is 0. The van der Waals surface area contributed by atoms with E-state index >= 15 is 0 Å². The van der Waals surface area contributed by atoms with E-state index in [2.05, 4.69) is 27.8 Å². The van der Waals surface area contributed by atoms with Crippen LogP contribution in [0.2, 0.25) is 0 Å². The van der Waals surface area contributed by atoms with E-state index in [1.165, 1.54) is 17.7 Å². The van der Waals surface area contributed by atoms with Crippen molar-refractivity contribution in [3.8, 4) is 0 Å². The molecule has 0 radical (unpaired) electrons. The molecule has 4 N–H and O–H groups in total. The Kier molecular flexibility index (Phi) is 6.97. The lowest BCUT2D eigenvalue weighted by Gasteiger charge is -2.11. The van der Waals surface area contributed by atoms with Crippen LogP contribution in [0.5, 0.6) is 0 Å². The third-order valence-electron chi connectivity index (χ3n) is 3.56. The van der Waals surface area contributed by atoms with Gasteiger partial charge in [-0.3, -0.25) is 0 Å². The van der Waals surface area contributed by atoms with Crippen LogP contribution in [-0.2, 0) is 23.0 Å². The van der Waals surface area contributed by atoms with E-state index in [0.29, 0.717) is 6.54 Å². The summed E-state index contributed by atoms with van der Waals surface area (Å²) in [6.07, 6.45) is 0.911. The summed E-state index contributed by atoms with van der Waals surface area (Å²) in [6, 6.07) is 16.7. The van der Waals surface area contributed by atoms with Crippen molar-refractivity contribution in [2.75, 3.05) is 13.1 Å². The molecule has 25 heavy (non-hydrogen) atoms. The molecule has 7 heteroatoms. The van der Waals surface area contributed by atoms with E-state index in [4.69, 9.17) is 5.14 Å². The molecule has 134 valence electrons. The summed E-state index contributed by atoms with van der Waals surface area (Å²) in [5, 5.41) is 11.6. The molecule has 0 atom stereocenters. The highest BCUT2D eigenvalue weighted by Crippen LogP contribution is 2.09. The highest BCUT2D eigenvalue weighted by atomic mass is 32.2. The zero-order valence-electron chi connectivity index (χ0n) is 14.3. The van der Waals surface area contributed by atoms with E-state index in [1.807, 2.05) is 25.1 Å².